The third kappa shape index (κ3) is 6.71. The van der Waals surface area contributed by atoms with Crippen LogP contribution in [0.15, 0.2) is 18.2 Å². The van der Waals surface area contributed by atoms with E-state index in [0.29, 0.717) is 0 Å². The minimum atomic E-state index is 1.25. The number of rotatable bonds is 0. The van der Waals surface area contributed by atoms with Crippen LogP contribution < -0.4 is 0 Å². The van der Waals surface area contributed by atoms with Crippen LogP contribution in [0.1, 0.15) is 50.8 Å². The minimum absolute atomic E-state index is 1.25. The normalized spacial score (nSPS) is 7.93. The molecule has 1 aromatic rings. The van der Waals surface area contributed by atoms with Gasteiger partial charge in [0.15, 0.2) is 0 Å². The largest absolute Gasteiger partial charge is 0.0683 e. The maximum atomic E-state index is 2.16. The van der Waals surface area contributed by atoms with Crippen molar-refractivity contribution >= 4 is 0 Å². The SMILES string of the molecule is CC.CCC.Cc1cccc(C)c1C. The fourth-order valence-corrected chi connectivity index (χ4v) is 0.898. The first-order chi connectivity index (χ1) is 6.63. The number of aryl methyl sites for hydroxylation is 2. The van der Waals surface area contributed by atoms with E-state index in [-0.39, 0.29) is 0 Å². The Morgan fingerprint density at radius 2 is 1.14 bits per heavy atom. The van der Waals surface area contributed by atoms with Crippen LogP contribution in [0.25, 0.3) is 0 Å². The molecule has 0 aliphatic heterocycles. The molecule has 0 saturated carbocycles. The van der Waals surface area contributed by atoms with E-state index >= 15 is 0 Å². The molecule has 0 aromatic heterocycles. The summed E-state index contributed by atoms with van der Waals surface area (Å²) in [6.07, 6.45) is 1.25. The number of hydrogen-bond acceptors (Lipinski definition) is 0. The monoisotopic (exact) mass is 194 g/mol. The van der Waals surface area contributed by atoms with Gasteiger partial charge in [-0.2, -0.15) is 0 Å². The van der Waals surface area contributed by atoms with Gasteiger partial charge in [0.05, 0.1) is 0 Å². The molecule has 0 aliphatic carbocycles. The van der Waals surface area contributed by atoms with Gasteiger partial charge in [0, 0.05) is 0 Å². The summed E-state index contributed by atoms with van der Waals surface area (Å²) in [6.45, 7) is 14.7. The summed E-state index contributed by atoms with van der Waals surface area (Å²) in [4.78, 5) is 0. The van der Waals surface area contributed by atoms with Crippen molar-refractivity contribution in [2.75, 3.05) is 0 Å². The molecular weight excluding hydrogens is 168 g/mol. The van der Waals surface area contributed by atoms with Gasteiger partial charge in [-0.15, -0.1) is 0 Å². The molecule has 0 N–H and O–H groups in total. The zero-order valence-corrected chi connectivity index (χ0v) is 10.9. The highest BCUT2D eigenvalue weighted by Gasteiger charge is 1.91. The molecular formula is C14H26. The van der Waals surface area contributed by atoms with Gasteiger partial charge in [-0.3, -0.25) is 0 Å². The molecule has 0 atom stereocenters. The average Bonchev–Trinajstić information content (AvgIpc) is 2.19. The van der Waals surface area contributed by atoms with Crippen LogP contribution >= 0.6 is 0 Å². The van der Waals surface area contributed by atoms with E-state index in [4.69, 9.17) is 0 Å². The van der Waals surface area contributed by atoms with E-state index in [1.165, 1.54) is 23.1 Å². The van der Waals surface area contributed by atoms with Gasteiger partial charge in [0.1, 0.15) is 0 Å². The molecule has 1 rings (SSSR count). The van der Waals surface area contributed by atoms with Crippen molar-refractivity contribution < 1.29 is 0 Å². The van der Waals surface area contributed by atoms with Gasteiger partial charge in [0.2, 0.25) is 0 Å². The van der Waals surface area contributed by atoms with Crippen molar-refractivity contribution in [3.63, 3.8) is 0 Å². The molecule has 0 fully saturated rings. The van der Waals surface area contributed by atoms with Crippen LogP contribution in [0.3, 0.4) is 0 Å². The zero-order chi connectivity index (χ0) is 11.6. The van der Waals surface area contributed by atoms with Crippen LogP contribution in [0, 0.1) is 20.8 Å². The molecule has 0 radical (unpaired) electrons. The molecule has 1 aromatic carbocycles. The molecule has 0 amide bonds. The van der Waals surface area contributed by atoms with Crippen molar-refractivity contribution in [1.29, 1.82) is 0 Å². The highest BCUT2D eigenvalue weighted by molar-refractivity contribution is 5.31. The van der Waals surface area contributed by atoms with E-state index in [0.717, 1.165) is 0 Å². The molecule has 0 nitrogen and oxygen atoms in total. The van der Waals surface area contributed by atoms with E-state index < -0.39 is 0 Å². The van der Waals surface area contributed by atoms with Crippen molar-refractivity contribution in [3.05, 3.63) is 34.9 Å². The first kappa shape index (κ1) is 15.7. The smallest absolute Gasteiger partial charge is 0.0392 e. The Bertz CT molecular complexity index is 203. The second-order valence-electron chi connectivity index (χ2n) is 3.22. The molecule has 0 aliphatic rings. The Kier molecular flexibility index (Phi) is 11.5. The topological polar surface area (TPSA) is 0 Å². The third-order valence-electron chi connectivity index (χ3n) is 1.88. The Morgan fingerprint density at radius 1 is 0.857 bits per heavy atom. The molecule has 0 spiro atoms. The van der Waals surface area contributed by atoms with Gasteiger partial charge in [-0.1, -0.05) is 52.3 Å². The van der Waals surface area contributed by atoms with Gasteiger partial charge in [0.25, 0.3) is 0 Å². The summed E-state index contributed by atoms with van der Waals surface area (Å²) in [6, 6.07) is 6.38. The lowest BCUT2D eigenvalue weighted by Crippen LogP contribution is -1.82. The van der Waals surface area contributed by atoms with Crippen LogP contribution in [-0.2, 0) is 0 Å². The fraction of sp³-hybridized carbons (Fsp3) is 0.571. The Balaban J connectivity index is 0. The standard InChI is InChI=1S/C9H12.C3H8.C2H6/c1-7-5-4-6-8(2)9(7)3;1-3-2;1-2/h4-6H,1-3H3;3H2,1-2H3;1-2H3. The van der Waals surface area contributed by atoms with Crippen LogP contribution in [0.2, 0.25) is 0 Å². The first-order valence-corrected chi connectivity index (χ1v) is 5.66. The molecule has 0 heterocycles. The Hall–Kier alpha value is -0.780. The summed E-state index contributed by atoms with van der Waals surface area (Å²) in [5, 5.41) is 0. The predicted molar refractivity (Wildman–Crippen MR) is 68.0 cm³/mol. The lowest BCUT2D eigenvalue weighted by atomic mass is 10.1. The molecule has 0 unspecified atom stereocenters. The molecule has 82 valence electrons. The quantitative estimate of drug-likeness (QED) is 0.542. The van der Waals surface area contributed by atoms with E-state index in [9.17, 15) is 0 Å². The second kappa shape index (κ2) is 10.3. The fourth-order valence-electron chi connectivity index (χ4n) is 0.898. The highest BCUT2D eigenvalue weighted by atomic mass is 14.0. The summed E-state index contributed by atoms with van der Waals surface area (Å²) >= 11 is 0. The maximum Gasteiger partial charge on any atom is -0.0392 e. The number of benzene rings is 1. The third-order valence-corrected chi connectivity index (χ3v) is 1.88. The minimum Gasteiger partial charge on any atom is -0.0683 e. The predicted octanol–water partition coefficient (Wildman–Crippen LogP) is 5.05. The van der Waals surface area contributed by atoms with Crippen molar-refractivity contribution in [2.24, 2.45) is 0 Å². The van der Waals surface area contributed by atoms with Gasteiger partial charge in [-0.25, -0.2) is 0 Å². The Labute approximate surface area is 90.4 Å². The van der Waals surface area contributed by atoms with Crippen molar-refractivity contribution in [1.82, 2.24) is 0 Å². The maximum absolute atomic E-state index is 2.16. The van der Waals surface area contributed by atoms with Crippen molar-refractivity contribution in [3.8, 4) is 0 Å². The van der Waals surface area contributed by atoms with Crippen LogP contribution in [0.5, 0.6) is 0 Å². The van der Waals surface area contributed by atoms with Crippen LogP contribution in [-0.4, -0.2) is 0 Å². The van der Waals surface area contributed by atoms with Gasteiger partial charge in [-0.05, 0) is 37.5 Å². The summed E-state index contributed by atoms with van der Waals surface area (Å²) in [7, 11) is 0. The molecule has 0 bridgehead atoms. The van der Waals surface area contributed by atoms with Crippen molar-refractivity contribution in [2.45, 2.75) is 54.9 Å². The first-order valence-electron chi connectivity index (χ1n) is 5.66. The second-order valence-corrected chi connectivity index (χ2v) is 3.22. The Morgan fingerprint density at radius 3 is 1.36 bits per heavy atom. The highest BCUT2D eigenvalue weighted by Crippen LogP contribution is 2.09. The lowest BCUT2D eigenvalue weighted by molar-refractivity contribution is 1.09. The lowest BCUT2D eigenvalue weighted by Gasteiger charge is -2.00. The summed E-state index contributed by atoms with van der Waals surface area (Å²) in [5.74, 6) is 0. The zero-order valence-electron chi connectivity index (χ0n) is 10.9. The summed E-state index contributed by atoms with van der Waals surface area (Å²) in [5.41, 5.74) is 4.18. The van der Waals surface area contributed by atoms with E-state index in [1.54, 1.807) is 0 Å². The van der Waals surface area contributed by atoms with Crippen LogP contribution in [0.4, 0.5) is 0 Å². The number of hydrogen-bond donors (Lipinski definition) is 0. The van der Waals surface area contributed by atoms with E-state index in [1.807, 2.05) is 13.8 Å². The summed E-state index contributed by atoms with van der Waals surface area (Å²) < 4.78 is 0. The average molecular weight is 194 g/mol. The molecule has 0 heteroatoms. The molecule has 14 heavy (non-hydrogen) atoms. The van der Waals surface area contributed by atoms with E-state index in [2.05, 4.69) is 52.8 Å². The van der Waals surface area contributed by atoms with Gasteiger partial charge < -0.3 is 0 Å². The van der Waals surface area contributed by atoms with Gasteiger partial charge >= 0.3 is 0 Å². The molecule has 0 saturated heterocycles.